The molecule has 0 N–H and O–H groups in total. The number of hydrogen-bond donors (Lipinski definition) is 0. The number of carbonyl (C=O) groups excluding carboxylic acids is 1. The van der Waals surface area contributed by atoms with Crippen LogP contribution >= 0.6 is 0 Å². The predicted octanol–water partition coefficient (Wildman–Crippen LogP) is 2.99. The monoisotopic (exact) mass is 338 g/mol. The SMILES string of the molecule is CC(C)(C)N1C[C@H]2CC(CCCOC(=O)N3CCOCC3)C[C@H]2C1. The van der Waals surface area contributed by atoms with Gasteiger partial charge in [-0.3, -0.25) is 4.90 Å². The van der Waals surface area contributed by atoms with Gasteiger partial charge in [-0.15, -0.1) is 0 Å². The molecule has 5 heteroatoms. The topological polar surface area (TPSA) is 42.0 Å². The highest BCUT2D eigenvalue weighted by molar-refractivity contribution is 5.67. The Hall–Kier alpha value is -0.810. The standard InChI is InChI=1S/C19H34N2O3/c1-19(2,3)21-13-16-11-15(12-17(16)14-21)5-4-8-24-18(22)20-6-9-23-10-7-20/h15-17H,4-14H2,1-3H3/t15?,16-,17+. The van der Waals surface area contributed by atoms with E-state index in [2.05, 4.69) is 25.7 Å². The van der Waals surface area contributed by atoms with Crippen LogP contribution in [0.5, 0.6) is 0 Å². The fourth-order valence-electron chi connectivity index (χ4n) is 4.58. The molecule has 0 spiro atoms. The molecule has 0 aromatic rings. The minimum Gasteiger partial charge on any atom is -0.449 e. The highest BCUT2D eigenvalue weighted by Gasteiger charge is 2.43. The van der Waals surface area contributed by atoms with Crippen molar-refractivity contribution in [2.45, 2.75) is 52.0 Å². The molecule has 0 aromatic carbocycles. The summed E-state index contributed by atoms with van der Waals surface area (Å²) in [5.41, 5.74) is 0.313. The molecule has 0 bridgehead atoms. The van der Waals surface area contributed by atoms with Crippen LogP contribution in [0.1, 0.15) is 46.5 Å². The number of likely N-dealkylation sites (tertiary alicyclic amines) is 1. The summed E-state index contributed by atoms with van der Waals surface area (Å²) in [5, 5.41) is 0. The molecule has 1 saturated carbocycles. The van der Waals surface area contributed by atoms with Crippen molar-refractivity contribution in [1.29, 1.82) is 0 Å². The maximum atomic E-state index is 11.9. The number of fused-ring (bicyclic) bond motifs is 1. The van der Waals surface area contributed by atoms with E-state index < -0.39 is 0 Å². The van der Waals surface area contributed by atoms with Gasteiger partial charge in [0, 0.05) is 31.7 Å². The summed E-state index contributed by atoms with van der Waals surface area (Å²) in [6, 6.07) is 0. The van der Waals surface area contributed by atoms with E-state index >= 15 is 0 Å². The predicted molar refractivity (Wildman–Crippen MR) is 94.0 cm³/mol. The van der Waals surface area contributed by atoms with Crippen LogP contribution in [-0.2, 0) is 9.47 Å². The van der Waals surface area contributed by atoms with Crippen molar-refractivity contribution in [3.05, 3.63) is 0 Å². The number of nitrogens with zero attached hydrogens (tertiary/aromatic N) is 2. The van der Waals surface area contributed by atoms with Crippen molar-refractivity contribution in [2.24, 2.45) is 17.8 Å². The summed E-state index contributed by atoms with van der Waals surface area (Å²) in [6.45, 7) is 12.7. The van der Waals surface area contributed by atoms with Crippen molar-refractivity contribution >= 4 is 6.09 Å². The lowest BCUT2D eigenvalue weighted by Crippen LogP contribution is -2.41. The van der Waals surface area contributed by atoms with Crippen molar-refractivity contribution in [2.75, 3.05) is 46.0 Å². The third-order valence-corrected chi connectivity index (χ3v) is 6.05. The van der Waals surface area contributed by atoms with E-state index in [9.17, 15) is 4.79 Å². The molecule has 3 rings (SSSR count). The van der Waals surface area contributed by atoms with Crippen molar-refractivity contribution in [3.8, 4) is 0 Å². The average molecular weight is 338 g/mol. The van der Waals surface area contributed by atoms with Gasteiger partial charge in [0.2, 0.25) is 0 Å². The lowest BCUT2D eigenvalue weighted by molar-refractivity contribution is 0.0265. The summed E-state index contributed by atoms with van der Waals surface area (Å²) in [7, 11) is 0. The van der Waals surface area contributed by atoms with Gasteiger partial charge in [0.15, 0.2) is 0 Å². The Labute approximate surface area is 146 Å². The Bertz CT molecular complexity index is 415. The number of amides is 1. The highest BCUT2D eigenvalue weighted by atomic mass is 16.6. The smallest absolute Gasteiger partial charge is 0.409 e. The fourth-order valence-corrected chi connectivity index (χ4v) is 4.58. The third-order valence-electron chi connectivity index (χ3n) is 6.05. The van der Waals surface area contributed by atoms with Gasteiger partial charge in [0.05, 0.1) is 19.8 Å². The molecule has 5 nitrogen and oxygen atoms in total. The molecule has 2 saturated heterocycles. The fraction of sp³-hybridized carbons (Fsp3) is 0.947. The van der Waals surface area contributed by atoms with Crippen LogP contribution in [0.2, 0.25) is 0 Å². The first-order valence-corrected chi connectivity index (χ1v) is 9.68. The third kappa shape index (κ3) is 4.42. The number of rotatable bonds is 4. The van der Waals surface area contributed by atoms with Gasteiger partial charge in [-0.2, -0.15) is 0 Å². The van der Waals surface area contributed by atoms with E-state index in [0.29, 0.717) is 38.4 Å². The molecule has 3 atom stereocenters. The first-order chi connectivity index (χ1) is 11.4. The second kappa shape index (κ2) is 7.61. The van der Waals surface area contributed by atoms with Crippen molar-refractivity contribution in [1.82, 2.24) is 9.80 Å². The zero-order valence-electron chi connectivity index (χ0n) is 15.6. The lowest BCUT2D eigenvalue weighted by Gasteiger charge is -2.32. The van der Waals surface area contributed by atoms with Crippen LogP contribution < -0.4 is 0 Å². The van der Waals surface area contributed by atoms with Gasteiger partial charge in [-0.25, -0.2) is 4.79 Å². The molecule has 0 radical (unpaired) electrons. The summed E-state index contributed by atoms with van der Waals surface area (Å²) < 4.78 is 10.7. The second-order valence-electron chi connectivity index (χ2n) is 8.79. The molecule has 1 amide bonds. The van der Waals surface area contributed by atoms with E-state index in [4.69, 9.17) is 9.47 Å². The Morgan fingerprint density at radius 1 is 1.12 bits per heavy atom. The minimum absolute atomic E-state index is 0.164. The largest absolute Gasteiger partial charge is 0.449 e. The summed E-state index contributed by atoms with van der Waals surface area (Å²) in [4.78, 5) is 16.3. The zero-order chi connectivity index (χ0) is 17.2. The molecular formula is C19H34N2O3. The molecular weight excluding hydrogens is 304 g/mol. The van der Waals surface area contributed by atoms with Crippen LogP contribution in [0.15, 0.2) is 0 Å². The van der Waals surface area contributed by atoms with Gasteiger partial charge < -0.3 is 14.4 Å². The Balaban J connectivity index is 1.30. The Morgan fingerprint density at radius 2 is 1.75 bits per heavy atom. The highest BCUT2D eigenvalue weighted by Crippen LogP contribution is 2.44. The molecule has 3 aliphatic rings. The van der Waals surface area contributed by atoms with Crippen LogP contribution in [0.25, 0.3) is 0 Å². The van der Waals surface area contributed by atoms with Gasteiger partial charge in [0.25, 0.3) is 0 Å². The number of hydrogen-bond acceptors (Lipinski definition) is 4. The molecule has 1 aliphatic carbocycles. The quantitative estimate of drug-likeness (QED) is 0.739. The average Bonchev–Trinajstić information content (AvgIpc) is 3.10. The van der Waals surface area contributed by atoms with Crippen LogP contribution in [0, 0.1) is 17.8 Å². The van der Waals surface area contributed by atoms with Crippen molar-refractivity contribution < 1.29 is 14.3 Å². The normalized spacial score (nSPS) is 31.3. The maximum Gasteiger partial charge on any atom is 0.409 e. The van der Waals surface area contributed by atoms with Crippen LogP contribution in [-0.4, -0.2) is 67.4 Å². The minimum atomic E-state index is -0.164. The van der Waals surface area contributed by atoms with Crippen LogP contribution in [0.3, 0.4) is 0 Å². The van der Waals surface area contributed by atoms with Gasteiger partial charge >= 0.3 is 6.09 Å². The second-order valence-corrected chi connectivity index (χ2v) is 8.79. The summed E-state index contributed by atoms with van der Waals surface area (Å²) in [6.07, 6.45) is 4.79. The number of ether oxygens (including phenoxy) is 2. The van der Waals surface area contributed by atoms with Gasteiger partial charge in [-0.1, -0.05) is 0 Å². The van der Waals surface area contributed by atoms with Gasteiger partial charge in [-0.05, 0) is 64.2 Å². The number of carbonyl (C=O) groups is 1. The molecule has 2 heterocycles. The Kier molecular flexibility index (Phi) is 5.70. The van der Waals surface area contributed by atoms with E-state index in [1.165, 1.54) is 32.4 Å². The zero-order valence-corrected chi connectivity index (χ0v) is 15.6. The lowest BCUT2D eigenvalue weighted by atomic mass is 9.99. The molecule has 0 aromatic heterocycles. The Morgan fingerprint density at radius 3 is 2.33 bits per heavy atom. The molecule has 2 aliphatic heterocycles. The molecule has 3 fully saturated rings. The summed E-state index contributed by atoms with van der Waals surface area (Å²) in [5.74, 6) is 2.62. The van der Waals surface area contributed by atoms with E-state index in [0.717, 1.165) is 24.2 Å². The van der Waals surface area contributed by atoms with Gasteiger partial charge in [0.1, 0.15) is 0 Å². The van der Waals surface area contributed by atoms with Crippen LogP contribution in [0.4, 0.5) is 4.79 Å². The molecule has 138 valence electrons. The first kappa shape index (κ1) is 18.0. The van der Waals surface area contributed by atoms with Crippen molar-refractivity contribution in [3.63, 3.8) is 0 Å². The first-order valence-electron chi connectivity index (χ1n) is 9.68. The summed E-state index contributed by atoms with van der Waals surface area (Å²) >= 11 is 0. The maximum absolute atomic E-state index is 11.9. The molecule has 1 unspecified atom stereocenters. The van der Waals surface area contributed by atoms with E-state index in [-0.39, 0.29) is 6.09 Å². The number of morpholine rings is 1. The molecule has 24 heavy (non-hydrogen) atoms. The van der Waals surface area contributed by atoms with E-state index in [1.54, 1.807) is 4.90 Å². The van der Waals surface area contributed by atoms with E-state index in [1.807, 2.05) is 0 Å².